The molecule has 0 unspecified atom stereocenters. The van der Waals surface area contributed by atoms with E-state index in [2.05, 4.69) is 5.32 Å². The summed E-state index contributed by atoms with van der Waals surface area (Å²) in [7, 11) is 0. The molecule has 3 nitrogen and oxygen atoms in total. The van der Waals surface area contributed by atoms with Gasteiger partial charge in [0.1, 0.15) is 11.6 Å². The number of rotatable bonds is 5. The zero-order chi connectivity index (χ0) is 17.0. The lowest BCUT2D eigenvalue weighted by molar-refractivity contribution is -0.113. The van der Waals surface area contributed by atoms with Gasteiger partial charge in [0.05, 0.1) is 5.75 Å². The minimum absolute atomic E-state index is 0.00710. The third-order valence-corrected chi connectivity index (χ3v) is 4.21. The Labute approximate surface area is 137 Å². The minimum Gasteiger partial charge on any atom is -0.325 e. The highest BCUT2D eigenvalue weighted by Gasteiger charge is 2.10. The molecular formula is C17H15F2NO2S. The fraction of sp³-hybridized carbons (Fsp3) is 0.176. The molecule has 1 N–H and O–H groups in total. The zero-order valence-electron chi connectivity index (χ0n) is 12.7. The number of carbonyl (C=O) groups is 2. The van der Waals surface area contributed by atoms with E-state index < -0.39 is 5.82 Å². The van der Waals surface area contributed by atoms with Crippen LogP contribution in [0, 0.1) is 18.6 Å². The monoisotopic (exact) mass is 335 g/mol. The van der Waals surface area contributed by atoms with Crippen molar-refractivity contribution in [2.24, 2.45) is 0 Å². The number of aryl methyl sites for hydroxylation is 1. The smallest absolute Gasteiger partial charge is 0.234 e. The average Bonchev–Trinajstić information content (AvgIpc) is 2.48. The number of Topliss-reactive ketones (excluding diaryl/α,β-unsaturated/α-hetero) is 1. The summed E-state index contributed by atoms with van der Waals surface area (Å²) in [5.41, 5.74) is 1.42. The number of hydrogen-bond donors (Lipinski definition) is 1. The lowest BCUT2D eigenvalue weighted by Gasteiger charge is -2.09. The first-order valence-corrected chi connectivity index (χ1v) is 7.84. The van der Waals surface area contributed by atoms with Crippen LogP contribution in [0.25, 0.3) is 0 Å². The maximum atomic E-state index is 13.8. The van der Waals surface area contributed by atoms with Crippen molar-refractivity contribution < 1.29 is 18.4 Å². The number of benzene rings is 2. The molecule has 0 bridgehead atoms. The summed E-state index contributed by atoms with van der Waals surface area (Å²) >= 11 is 1.03. The van der Waals surface area contributed by atoms with Crippen LogP contribution >= 0.6 is 11.8 Å². The summed E-state index contributed by atoms with van der Waals surface area (Å²) in [6.07, 6.45) is 0. The van der Waals surface area contributed by atoms with Crippen LogP contribution in [0.3, 0.4) is 0 Å². The molecule has 0 radical (unpaired) electrons. The van der Waals surface area contributed by atoms with Gasteiger partial charge < -0.3 is 5.32 Å². The van der Waals surface area contributed by atoms with Crippen LogP contribution < -0.4 is 5.32 Å². The summed E-state index contributed by atoms with van der Waals surface area (Å²) in [6, 6.07) is 8.23. The third-order valence-electron chi connectivity index (χ3n) is 3.16. The predicted octanol–water partition coefficient (Wildman–Crippen LogP) is 4.21. The predicted molar refractivity (Wildman–Crippen MR) is 86.9 cm³/mol. The Bertz CT molecular complexity index is 762. The maximum absolute atomic E-state index is 13.8. The number of ketones is 1. The van der Waals surface area contributed by atoms with Gasteiger partial charge in [-0.25, -0.2) is 8.78 Å². The molecule has 0 fully saturated rings. The zero-order valence-corrected chi connectivity index (χ0v) is 13.5. The van der Waals surface area contributed by atoms with E-state index in [0.29, 0.717) is 21.7 Å². The molecule has 0 heterocycles. The molecule has 1 amide bonds. The molecule has 23 heavy (non-hydrogen) atoms. The Morgan fingerprint density at radius 3 is 2.48 bits per heavy atom. The fourth-order valence-corrected chi connectivity index (χ4v) is 2.65. The lowest BCUT2D eigenvalue weighted by Crippen LogP contribution is -2.15. The molecule has 0 aromatic heterocycles. The minimum atomic E-state index is -0.534. The van der Waals surface area contributed by atoms with Crippen LogP contribution in [0.2, 0.25) is 0 Å². The van der Waals surface area contributed by atoms with Gasteiger partial charge in [-0.1, -0.05) is 6.07 Å². The summed E-state index contributed by atoms with van der Waals surface area (Å²) in [5.74, 6) is -1.44. The van der Waals surface area contributed by atoms with Crippen molar-refractivity contribution in [2.45, 2.75) is 18.7 Å². The molecule has 0 aliphatic heterocycles. The van der Waals surface area contributed by atoms with E-state index in [0.717, 1.165) is 17.8 Å². The van der Waals surface area contributed by atoms with Crippen molar-refractivity contribution >= 4 is 29.1 Å². The van der Waals surface area contributed by atoms with Crippen molar-refractivity contribution in [3.63, 3.8) is 0 Å². The molecular weight excluding hydrogens is 320 g/mol. The van der Waals surface area contributed by atoms with E-state index in [9.17, 15) is 18.4 Å². The van der Waals surface area contributed by atoms with Crippen molar-refractivity contribution in [3.05, 3.63) is 59.2 Å². The highest BCUT2D eigenvalue weighted by Crippen LogP contribution is 2.23. The molecule has 2 rings (SSSR count). The quantitative estimate of drug-likeness (QED) is 0.658. The third kappa shape index (κ3) is 4.63. The summed E-state index contributed by atoms with van der Waals surface area (Å²) in [4.78, 5) is 23.4. The summed E-state index contributed by atoms with van der Waals surface area (Å²) in [5, 5.41) is 2.65. The maximum Gasteiger partial charge on any atom is 0.234 e. The topological polar surface area (TPSA) is 46.2 Å². The van der Waals surface area contributed by atoms with Gasteiger partial charge in [-0.15, -0.1) is 11.8 Å². The number of nitrogens with one attached hydrogen (secondary N) is 1. The molecule has 120 valence electrons. The number of hydrogen-bond acceptors (Lipinski definition) is 3. The first kappa shape index (κ1) is 17.1. The van der Waals surface area contributed by atoms with E-state index >= 15 is 0 Å². The van der Waals surface area contributed by atoms with Gasteiger partial charge in [0.15, 0.2) is 5.78 Å². The van der Waals surface area contributed by atoms with Crippen molar-refractivity contribution in [3.8, 4) is 0 Å². The summed E-state index contributed by atoms with van der Waals surface area (Å²) in [6.45, 7) is 3.05. The van der Waals surface area contributed by atoms with Gasteiger partial charge in [-0.05, 0) is 49.7 Å². The molecule has 0 atom stereocenters. The average molecular weight is 335 g/mol. The Morgan fingerprint density at radius 2 is 1.87 bits per heavy atom. The molecule has 6 heteroatoms. The molecule has 2 aromatic rings. The first-order valence-electron chi connectivity index (χ1n) is 6.86. The van der Waals surface area contributed by atoms with Crippen molar-refractivity contribution in [2.75, 3.05) is 11.1 Å². The SMILES string of the molecule is CC(=O)c1ccc(SCC(=O)Nc2ccc(F)cc2C)c(F)c1. The Kier molecular flexibility index (Phi) is 5.50. The van der Waals surface area contributed by atoms with Gasteiger partial charge >= 0.3 is 0 Å². The van der Waals surface area contributed by atoms with Crippen LogP contribution in [-0.4, -0.2) is 17.4 Å². The molecule has 0 aliphatic rings. The lowest BCUT2D eigenvalue weighted by atomic mass is 10.1. The van der Waals surface area contributed by atoms with Crippen LogP contribution in [0.15, 0.2) is 41.3 Å². The molecule has 2 aromatic carbocycles. The van der Waals surface area contributed by atoms with Gasteiger partial charge in [0, 0.05) is 16.1 Å². The van der Waals surface area contributed by atoms with Crippen LogP contribution in [0.5, 0.6) is 0 Å². The number of anilines is 1. The molecule has 0 saturated heterocycles. The molecule has 0 aliphatic carbocycles. The largest absolute Gasteiger partial charge is 0.325 e. The van der Waals surface area contributed by atoms with Gasteiger partial charge in [0.2, 0.25) is 5.91 Å². The number of halogens is 2. The van der Waals surface area contributed by atoms with Gasteiger partial charge in [0.25, 0.3) is 0 Å². The van der Waals surface area contributed by atoms with E-state index in [-0.39, 0.29) is 23.3 Å². The second-order valence-electron chi connectivity index (χ2n) is 5.00. The normalized spacial score (nSPS) is 10.4. The Hall–Kier alpha value is -2.21. The highest BCUT2D eigenvalue weighted by atomic mass is 32.2. The standard InChI is InChI=1S/C17H15F2NO2S/c1-10-7-13(18)4-5-15(10)20-17(22)9-23-16-6-3-12(11(2)21)8-14(16)19/h3-8H,9H2,1-2H3,(H,20,22). The number of carbonyl (C=O) groups excluding carboxylic acids is 2. The van der Waals surface area contributed by atoms with Gasteiger partial charge in [-0.3, -0.25) is 9.59 Å². The first-order chi connectivity index (χ1) is 10.9. The Balaban J connectivity index is 1.98. The van der Waals surface area contributed by atoms with E-state index in [1.165, 1.54) is 37.3 Å². The molecule has 0 saturated carbocycles. The molecule has 0 spiro atoms. The van der Waals surface area contributed by atoms with Crippen molar-refractivity contribution in [1.82, 2.24) is 0 Å². The van der Waals surface area contributed by atoms with Crippen molar-refractivity contribution in [1.29, 1.82) is 0 Å². The summed E-state index contributed by atoms with van der Waals surface area (Å²) < 4.78 is 26.9. The van der Waals surface area contributed by atoms with Gasteiger partial charge in [-0.2, -0.15) is 0 Å². The Morgan fingerprint density at radius 1 is 1.13 bits per heavy atom. The second kappa shape index (κ2) is 7.37. The van der Waals surface area contributed by atoms with Crippen LogP contribution in [-0.2, 0) is 4.79 Å². The number of amides is 1. The van der Waals surface area contributed by atoms with E-state index in [1.807, 2.05) is 0 Å². The number of thioether (sulfide) groups is 1. The van der Waals surface area contributed by atoms with E-state index in [1.54, 1.807) is 6.92 Å². The fourth-order valence-electron chi connectivity index (χ4n) is 1.93. The van der Waals surface area contributed by atoms with E-state index in [4.69, 9.17) is 0 Å². The van der Waals surface area contributed by atoms with Crippen LogP contribution in [0.4, 0.5) is 14.5 Å². The van der Waals surface area contributed by atoms with Crippen LogP contribution in [0.1, 0.15) is 22.8 Å². The highest BCUT2D eigenvalue weighted by molar-refractivity contribution is 8.00. The second-order valence-corrected chi connectivity index (χ2v) is 6.01.